The molecule has 0 aromatic heterocycles. The maximum Gasteiger partial charge on any atom is 0.321 e. The number of para-hydroxylation sites is 1. The maximum atomic E-state index is 12.8. The fraction of sp³-hybridized carbons (Fsp3) is 0.600. The molecule has 1 N–H and O–H groups in total. The van der Waals surface area contributed by atoms with Crippen molar-refractivity contribution in [2.24, 2.45) is 5.92 Å². The summed E-state index contributed by atoms with van der Waals surface area (Å²) in [5, 5.41) is 3.43. The molecule has 2 saturated heterocycles. The SMILES string of the molecule is O=C(Nc1ccccc1Cl)N1CCCN([C@H]2CCN(CC3CC3)C2=O)CC1. The first-order valence-corrected chi connectivity index (χ1v) is 10.3. The zero-order valence-electron chi connectivity index (χ0n) is 15.6. The van der Waals surface area contributed by atoms with Crippen LogP contribution in [0.5, 0.6) is 0 Å². The average Bonchev–Trinajstić information content (AvgIpc) is 3.44. The van der Waals surface area contributed by atoms with Gasteiger partial charge in [0.1, 0.15) is 0 Å². The normalized spacial score (nSPS) is 24.2. The Bertz CT molecular complexity index is 709. The second-order valence-electron chi connectivity index (χ2n) is 7.82. The number of nitrogens with one attached hydrogen (secondary N) is 1. The molecule has 1 saturated carbocycles. The van der Waals surface area contributed by atoms with Gasteiger partial charge in [0.05, 0.1) is 16.8 Å². The number of benzene rings is 1. The summed E-state index contributed by atoms with van der Waals surface area (Å²) >= 11 is 6.14. The van der Waals surface area contributed by atoms with Crippen LogP contribution < -0.4 is 5.32 Å². The molecule has 3 amide bonds. The van der Waals surface area contributed by atoms with Crippen LogP contribution in [0.2, 0.25) is 5.02 Å². The van der Waals surface area contributed by atoms with E-state index >= 15 is 0 Å². The average molecular weight is 391 g/mol. The van der Waals surface area contributed by atoms with Crippen molar-refractivity contribution >= 4 is 29.2 Å². The number of urea groups is 1. The van der Waals surface area contributed by atoms with E-state index in [1.165, 1.54) is 12.8 Å². The van der Waals surface area contributed by atoms with Gasteiger partial charge in [0.2, 0.25) is 5.91 Å². The molecule has 0 unspecified atom stereocenters. The largest absolute Gasteiger partial charge is 0.341 e. The van der Waals surface area contributed by atoms with E-state index in [-0.39, 0.29) is 18.0 Å². The number of hydrogen-bond donors (Lipinski definition) is 1. The lowest BCUT2D eigenvalue weighted by atomic mass is 10.2. The van der Waals surface area contributed by atoms with Crippen molar-refractivity contribution in [1.29, 1.82) is 0 Å². The fourth-order valence-corrected chi connectivity index (χ4v) is 4.25. The molecule has 1 aromatic rings. The summed E-state index contributed by atoms with van der Waals surface area (Å²) in [5.74, 6) is 1.02. The molecular weight excluding hydrogens is 364 g/mol. The van der Waals surface area contributed by atoms with Gasteiger partial charge in [0.25, 0.3) is 0 Å². The quantitative estimate of drug-likeness (QED) is 0.860. The highest BCUT2D eigenvalue weighted by Gasteiger charge is 2.38. The van der Waals surface area contributed by atoms with Crippen LogP contribution in [0, 0.1) is 5.92 Å². The molecule has 146 valence electrons. The summed E-state index contributed by atoms with van der Waals surface area (Å²) in [4.78, 5) is 31.5. The Labute approximate surface area is 165 Å². The van der Waals surface area contributed by atoms with Gasteiger partial charge in [0.15, 0.2) is 0 Å². The van der Waals surface area contributed by atoms with Gasteiger partial charge in [-0.05, 0) is 43.7 Å². The summed E-state index contributed by atoms with van der Waals surface area (Å²) in [6, 6.07) is 7.13. The van der Waals surface area contributed by atoms with Crippen molar-refractivity contribution in [1.82, 2.24) is 14.7 Å². The summed E-state index contributed by atoms with van der Waals surface area (Å²) in [7, 11) is 0. The van der Waals surface area contributed by atoms with Crippen LogP contribution in [0.4, 0.5) is 10.5 Å². The minimum absolute atomic E-state index is 0.00432. The Morgan fingerprint density at radius 2 is 1.89 bits per heavy atom. The van der Waals surface area contributed by atoms with Crippen molar-refractivity contribution in [2.45, 2.75) is 31.7 Å². The van der Waals surface area contributed by atoms with Gasteiger partial charge >= 0.3 is 6.03 Å². The van der Waals surface area contributed by atoms with Crippen molar-refractivity contribution in [3.05, 3.63) is 29.3 Å². The molecule has 27 heavy (non-hydrogen) atoms. The first-order chi connectivity index (χ1) is 13.1. The molecule has 2 heterocycles. The maximum absolute atomic E-state index is 12.8. The monoisotopic (exact) mass is 390 g/mol. The standard InChI is InChI=1S/C20H27ClN4O2/c21-16-4-1-2-5-17(16)22-20(27)24-10-3-9-23(12-13-24)18-8-11-25(19(18)26)14-15-6-7-15/h1-2,4-5,15,18H,3,6-14H2,(H,22,27)/t18-/m0/s1. The first kappa shape index (κ1) is 18.6. The number of hydrogen-bond acceptors (Lipinski definition) is 3. The van der Waals surface area contributed by atoms with Crippen LogP contribution in [0.1, 0.15) is 25.7 Å². The molecule has 1 aromatic carbocycles. The number of carbonyl (C=O) groups excluding carboxylic acids is 2. The molecular formula is C20H27ClN4O2. The van der Waals surface area contributed by atoms with E-state index < -0.39 is 0 Å². The number of amides is 3. The van der Waals surface area contributed by atoms with E-state index in [4.69, 9.17) is 11.6 Å². The van der Waals surface area contributed by atoms with Crippen molar-refractivity contribution < 1.29 is 9.59 Å². The molecule has 0 spiro atoms. The molecule has 0 radical (unpaired) electrons. The van der Waals surface area contributed by atoms with Crippen molar-refractivity contribution in [3.63, 3.8) is 0 Å². The van der Waals surface area contributed by atoms with Gasteiger partial charge in [-0.1, -0.05) is 23.7 Å². The lowest BCUT2D eigenvalue weighted by molar-refractivity contribution is -0.132. The van der Waals surface area contributed by atoms with E-state index in [1.807, 2.05) is 17.0 Å². The van der Waals surface area contributed by atoms with Gasteiger partial charge < -0.3 is 15.1 Å². The number of likely N-dealkylation sites (tertiary alicyclic amines) is 1. The summed E-state index contributed by atoms with van der Waals surface area (Å²) in [6.45, 7) is 4.75. The molecule has 7 heteroatoms. The third-order valence-corrected chi connectivity index (χ3v) is 6.15. The highest BCUT2D eigenvalue weighted by Crippen LogP contribution is 2.32. The third kappa shape index (κ3) is 4.38. The van der Waals surface area contributed by atoms with Crippen LogP contribution in [0.15, 0.2) is 24.3 Å². The molecule has 0 bridgehead atoms. The van der Waals surface area contributed by atoms with Gasteiger partial charge in [-0.3, -0.25) is 9.69 Å². The van der Waals surface area contributed by atoms with E-state index in [1.54, 1.807) is 12.1 Å². The molecule has 3 fully saturated rings. The van der Waals surface area contributed by atoms with Gasteiger partial charge in [-0.25, -0.2) is 4.79 Å². The molecule has 4 rings (SSSR count). The molecule has 6 nitrogen and oxygen atoms in total. The zero-order chi connectivity index (χ0) is 18.8. The van der Waals surface area contributed by atoms with Gasteiger partial charge in [0, 0.05) is 39.3 Å². The molecule has 3 aliphatic rings. The first-order valence-electron chi connectivity index (χ1n) is 9.95. The Morgan fingerprint density at radius 3 is 2.67 bits per heavy atom. The van der Waals surface area contributed by atoms with Crippen LogP contribution >= 0.6 is 11.6 Å². The number of anilines is 1. The minimum atomic E-state index is -0.127. The highest BCUT2D eigenvalue weighted by atomic mass is 35.5. The van der Waals surface area contributed by atoms with Crippen LogP contribution in [0.3, 0.4) is 0 Å². The summed E-state index contributed by atoms with van der Waals surface area (Å²) in [5.41, 5.74) is 0.631. The van der Waals surface area contributed by atoms with E-state index in [0.29, 0.717) is 23.8 Å². The van der Waals surface area contributed by atoms with E-state index in [9.17, 15) is 9.59 Å². The molecule has 1 atom stereocenters. The van der Waals surface area contributed by atoms with E-state index in [0.717, 1.165) is 44.9 Å². The van der Waals surface area contributed by atoms with E-state index in [2.05, 4.69) is 15.1 Å². The Balaban J connectivity index is 1.31. The van der Waals surface area contributed by atoms with Crippen molar-refractivity contribution in [2.75, 3.05) is 44.6 Å². The Hall–Kier alpha value is -1.79. The zero-order valence-corrected chi connectivity index (χ0v) is 16.3. The van der Waals surface area contributed by atoms with Gasteiger partial charge in [-0.2, -0.15) is 0 Å². The Kier molecular flexibility index (Phi) is 5.55. The van der Waals surface area contributed by atoms with Crippen LogP contribution in [0.25, 0.3) is 0 Å². The predicted octanol–water partition coefficient (Wildman–Crippen LogP) is 2.89. The topological polar surface area (TPSA) is 55.9 Å². The number of rotatable bonds is 4. The van der Waals surface area contributed by atoms with Crippen LogP contribution in [-0.2, 0) is 4.79 Å². The fourth-order valence-electron chi connectivity index (χ4n) is 4.06. The smallest absolute Gasteiger partial charge is 0.321 e. The van der Waals surface area contributed by atoms with Gasteiger partial charge in [-0.15, -0.1) is 0 Å². The molecule has 2 aliphatic heterocycles. The Morgan fingerprint density at radius 1 is 1.07 bits per heavy atom. The summed E-state index contributed by atoms with van der Waals surface area (Å²) in [6.07, 6.45) is 4.33. The summed E-state index contributed by atoms with van der Waals surface area (Å²) < 4.78 is 0. The lowest BCUT2D eigenvalue weighted by Gasteiger charge is -2.26. The lowest BCUT2D eigenvalue weighted by Crippen LogP contribution is -2.44. The number of halogens is 1. The third-order valence-electron chi connectivity index (χ3n) is 5.82. The highest BCUT2D eigenvalue weighted by molar-refractivity contribution is 6.33. The van der Waals surface area contributed by atoms with Crippen LogP contribution in [-0.4, -0.2) is 71.9 Å². The second kappa shape index (κ2) is 8.07. The second-order valence-corrected chi connectivity index (χ2v) is 8.23. The number of nitrogens with zero attached hydrogens (tertiary/aromatic N) is 3. The minimum Gasteiger partial charge on any atom is -0.341 e. The number of carbonyl (C=O) groups is 2. The van der Waals surface area contributed by atoms with Crippen molar-refractivity contribution in [3.8, 4) is 0 Å². The molecule has 1 aliphatic carbocycles. The predicted molar refractivity (Wildman–Crippen MR) is 106 cm³/mol.